The molecule has 5 heteroatoms. The number of hydrogen-bond donors (Lipinski definition) is 0. The molecule has 23 heavy (non-hydrogen) atoms. The van der Waals surface area contributed by atoms with E-state index >= 15 is 0 Å². The first-order chi connectivity index (χ1) is 11.2. The minimum atomic E-state index is 0.0382. The molecule has 0 spiro atoms. The van der Waals surface area contributed by atoms with Gasteiger partial charge in [-0.2, -0.15) is 0 Å². The topological polar surface area (TPSA) is 42.4 Å². The molecule has 1 aromatic carbocycles. The zero-order valence-electron chi connectivity index (χ0n) is 13.6. The van der Waals surface area contributed by atoms with Crippen LogP contribution >= 0.6 is 11.3 Å². The number of ether oxygens (including phenoxy) is 1. The molecule has 0 bridgehead atoms. The molecule has 0 aliphatic carbocycles. The molecular weight excluding hydrogens is 308 g/mol. The molecule has 4 nitrogen and oxygen atoms in total. The van der Waals surface area contributed by atoms with Gasteiger partial charge in [0.1, 0.15) is 10.7 Å². The third-order valence-electron chi connectivity index (χ3n) is 4.37. The monoisotopic (exact) mass is 330 g/mol. The van der Waals surface area contributed by atoms with Crippen LogP contribution in [0.3, 0.4) is 0 Å². The Labute approximate surface area is 141 Å². The molecule has 1 amide bonds. The van der Waals surface area contributed by atoms with Crippen molar-refractivity contribution in [3.8, 4) is 0 Å². The minimum Gasteiger partial charge on any atom is -0.378 e. The first kappa shape index (κ1) is 16.1. The van der Waals surface area contributed by atoms with E-state index in [1.54, 1.807) is 7.11 Å². The van der Waals surface area contributed by atoms with Gasteiger partial charge in [0.15, 0.2) is 0 Å². The van der Waals surface area contributed by atoms with Crippen molar-refractivity contribution >= 4 is 17.2 Å². The molecule has 1 fully saturated rings. The van der Waals surface area contributed by atoms with Crippen LogP contribution in [0.15, 0.2) is 29.6 Å². The summed E-state index contributed by atoms with van der Waals surface area (Å²) < 4.78 is 5.06. The first-order valence-corrected chi connectivity index (χ1v) is 8.90. The lowest BCUT2D eigenvalue weighted by Gasteiger charge is -2.15. The molecule has 1 aromatic heterocycles. The maximum absolute atomic E-state index is 12.6. The van der Waals surface area contributed by atoms with Gasteiger partial charge in [-0.3, -0.25) is 4.79 Å². The van der Waals surface area contributed by atoms with Crippen molar-refractivity contribution in [3.63, 3.8) is 0 Å². The van der Waals surface area contributed by atoms with E-state index < -0.39 is 0 Å². The predicted octanol–water partition coefficient (Wildman–Crippen LogP) is 3.48. The van der Waals surface area contributed by atoms with Crippen molar-refractivity contribution in [2.45, 2.75) is 32.3 Å². The highest BCUT2D eigenvalue weighted by molar-refractivity contribution is 7.09. The number of methoxy groups -OCH3 is 1. The molecule has 1 atom stereocenters. The Bertz CT molecular complexity index is 666. The van der Waals surface area contributed by atoms with Gasteiger partial charge in [0.25, 0.3) is 5.91 Å². The zero-order valence-corrected chi connectivity index (χ0v) is 14.4. The molecule has 2 aromatic rings. The number of carbonyl (C=O) groups is 1. The van der Waals surface area contributed by atoms with E-state index in [0.717, 1.165) is 30.9 Å². The van der Waals surface area contributed by atoms with E-state index in [2.05, 4.69) is 36.2 Å². The highest BCUT2D eigenvalue weighted by Gasteiger charge is 2.29. The van der Waals surface area contributed by atoms with E-state index in [9.17, 15) is 4.79 Å². The van der Waals surface area contributed by atoms with Gasteiger partial charge in [-0.1, -0.05) is 31.2 Å². The number of aromatic nitrogens is 1. The highest BCUT2D eigenvalue weighted by Crippen LogP contribution is 2.28. The number of carbonyl (C=O) groups excluding carboxylic acids is 1. The summed E-state index contributed by atoms with van der Waals surface area (Å²) in [4.78, 5) is 18.9. The average molecular weight is 330 g/mol. The fourth-order valence-electron chi connectivity index (χ4n) is 3.00. The van der Waals surface area contributed by atoms with E-state index in [1.165, 1.54) is 22.5 Å². The summed E-state index contributed by atoms with van der Waals surface area (Å²) in [5.74, 6) is 0.471. The molecule has 0 N–H and O–H groups in total. The van der Waals surface area contributed by atoms with Gasteiger partial charge in [0, 0.05) is 31.5 Å². The highest BCUT2D eigenvalue weighted by atomic mass is 32.1. The maximum atomic E-state index is 12.6. The van der Waals surface area contributed by atoms with Gasteiger partial charge >= 0.3 is 0 Å². The Balaban J connectivity index is 1.64. The summed E-state index contributed by atoms with van der Waals surface area (Å²) in [5, 5.41) is 2.68. The van der Waals surface area contributed by atoms with Crippen LogP contribution in [0, 0.1) is 0 Å². The molecule has 0 radical (unpaired) electrons. The number of nitrogens with zero attached hydrogens (tertiary/aromatic N) is 2. The van der Waals surface area contributed by atoms with Gasteiger partial charge in [-0.15, -0.1) is 11.3 Å². The van der Waals surface area contributed by atoms with Crippen LogP contribution in [0.2, 0.25) is 0 Å². The fraction of sp³-hybridized carbons (Fsp3) is 0.444. The third-order valence-corrected chi connectivity index (χ3v) is 5.20. The quantitative estimate of drug-likeness (QED) is 0.843. The van der Waals surface area contributed by atoms with E-state index in [4.69, 9.17) is 4.74 Å². The van der Waals surface area contributed by atoms with E-state index in [1.807, 2.05) is 10.3 Å². The molecule has 0 saturated carbocycles. The first-order valence-electron chi connectivity index (χ1n) is 8.02. The summed E-state index contributed by atoms with van der Waals surface area (Å²) in [6, 6.07) is 8.79. The molecule has 2 heterocycles. The number of likely N-dealkylation sites (tertiary alicyclic amines) is 1. The molecule has 1 saturated heterocycles. The standard InChI is InChI=1S/C18H22N2O2S/c1-3-13-4-6-14(7-5-13)15-8-9-20(10-15)18(21)16-12-23-17(19-16)11-22-2/h4-7,12,15H,3,8-11H2,1-2H3. The van der Waals surface area contributed by atoms with Gasteiger partial charge in [-0.25, -0.2) is 4.98 Å². The lowest BCUT2D eigenvalue weighted by Crippen LogP contribution is -2.28. The summed E-state index contributed by atoms with van der Waals surface area (Å²) in [5.41, 5.74) is 3.23. The Morgan fingerprint density at radius 2 is 2.17 bits per heavy atom. The summed E-state index contributed by atoms with van der Waals surface area (Å²) in [6.07, 6.45) is 2.08. The fourth-order valence-corrected chi connectivity index (χ4v) is 3.74. The summed E-state index contributed by atoms with van der Waals surface area (Å²) in [7, 11) is 1.64. The predicted molar refractivity (Wildman–Crippen MR) is 91.9 cm³/mol. The van der Waals surface area contributed by atoms with Crippen LogP contribution in [0.1, 0.15) is 45.9 Å². The van der Waals surface area contributed by atoms with Crippen LogP contribution in [-0.4, -0.2) is 36.0 Å². The SMILES string of the molecule is CCc1ccc(C2CCN(C(=O)c3csc(COC)n3)C2)cc1. The number of rotatable bonds is 5. The number of amides is 1. The second kappa shape index (κ2) is 7.23. The van der Waals surface area contributed by atoms with Crippen molar-refractivity contribution in [1.29, 1.82) is 0 Å². The van der Waals surface area contributed by atoms with Crippen LogP contribution in [0.25, 0.3) is 0 Å². The lowest BCUT2D eigenvalue weighted by atomic mass is 9.97. The number of benzene rings is 1. The minimum absolute atomic E-state index is 0.0382. The second-order valence-corrected chi connectivity index (χ2v) is 6.83. The third kappa shape index (κ3) is 3.62. The molecule has 1 aliphatic rings. The normalized spacial score (nSPS) is 17.7. The Morgan fingerprint density at radius 3 is 2.87 bits per heavy atom. The second-order valence-electron chi connectivity index (χ2n) is 5.89. The van der Waals surface area contributed by atoms with Crippen LogP contribution < -0.4 is 0 Å². The number of hydrogen-bond acceptors (Lipinski definition) is 4. The number of aryl methyl sites for hydroxylation is 1. The van der Waals surface area contributed by atoms with Gasteiger partial charge in [-0.05, 0) is 24.0 Å². The lowest BCUT2D eigenvalue weighted by molar-refractivity contribution is 0.0785. The number of thiazole rings is 1. The van der Waals surface area contributed by atoms with Crippen molar-refractivity contribution in [3.05, 3.63) is 51.5 Å². The largest absolute Gasteiger partial charge is 0.378 e. The molecule has 1 unspecified atom stereocenters. The van der Waals surface area contributed by atoms with Crippen molar-refractivity contribution in [2.75, 3.05) is 20.2 Å². The van der Waals surface area contributed by atoms with Crippen LogP contribution in [0.5, 0.6) is 0 Å². The van der Waals surface area contributed by atoms with Gasteiger partial charge < -0.3 is 9.64 Å². The Kier molecular flexibility index (Phi) is 5.08. The van der Waals surface area contributed by atoms with Crippen molar-refractivity contribution in [1.82, 2.24) is 9.88 Å². The summed E-state index contributed by atoms with van der Waals surface area (Å²) in [6.45, 7) is 4.21. The van der Waals surface area contributed by atoms with Crippen LogP contribution in [0.4, 0.5) is 0 Å². The van der Waals surface area contributed by atoms with Gasteiger partial charge in [0.05, 0.1) is 6.61 Å². The summed E-state index contributed by atoms with van der Waals surface area (Å²) >= 11 is 1.48. The van der Waals surface area contributed by atoms with Crippen molar-refractivity contribution in [2.24, 2.45) is 0 Å². The Morgan fingerprint density at radius 1 is 1.39 bits per heavy atom. The van der Waals surface area contributed by atoms with E-state index in [-0.39, 0.29) is 5.91 Å². The van der Waals surface area contributed by atoms with Crippen molar-refractivity contribution < 1.29 is 9.53 Å². The van der Waals surface area contributed by atoms with Gasteiger partial charge in [0.2, 0.25) is 0 Å². The Hall–Kier alpha value is -1.72. The molecule has 3 rings (SSSR count). The maximum Gasteiger partial charge on any atom is 0.273 e. The van der Waals surface area contributed by atoms with Crippen LogP contribution in [-0.2, 0) is 17.8 Å². The molecule has 122 valence electrons. The smallest absolute Gasteiger partial charge is 0.273 e. The molecular formula is C18H22N2O2S. The average Bonchev–Trinajstić information content (AvgIpc) is 3.24. The zero-order chi connectivity index (χ0) is 16.2. The van der Waals surface area contributed by atoms with E-state index in [0.29, 0.717) is 18.2 Å². The molecule has 1 aliphatic heterocycles.